The summed E-state index contributed by atoms with van der Waals surface area (Å²) in [5.74, 6) is -3.69. The minimum absolute atomic E-state index is 0.129. The summed E-state index contributed by atoms with van der Waals surface area (Å²) in [4.78, 5) is 75.3. The lowest BCUT2D eigenvalue weighted by Crippen LogP contribution is -2.35. The molecule has 0 unspecified atom stereocenters. The molecule has 0 aliphatic carbocycles. The van der Waals surface area contributed by atoms with Crippen LogP contribution < -0.4 is 32.6 Å². The van der Waals surface area contributed by atoms with Gasteiger partial charge in [0.15, 0.2) is 17.2 Å². The molecule has 3 aromatic heterocycles. The van der Waals surface area contributed by atoms with Crippen LogP contribution in [0.25, 0.3) is 0 Å². The molecule has 6 N–H and O–H groups in total. The quantitative estimate of drug-likeness (QED) is 0.111. The summed E-state index contributed by atoms with van der Waals surface area (Å²) in [7, 11) is 4.37. The topological polar surface area (TPSA) is 217 Å². The Labute approximate surface area is 263 Å². The Morgan fingerprint density at radius 3 is 1.09 bits per heavy atom. The lowest BCUT2D eigenvalue weighted by Gasteiger charge is -2.23. The Bertz CT molecular complexity index is 1560. The first kappa shape index (κ1) is 35.1. The number of aryl methyl sites for hydroxylation is 3. The van der Waals surface area contributed by atoms with E-state index in [-0.39, 0.29) is 36.3 Å². The zero-order valence-corrected chi connectivity index (χ0v) is 25.9. The van der Waals surface area contributed by atoms with Crippen LogP contribution in [0.3, 0.4) is 0 Å². The molecule has 0 saturated heterocycles. The number of aromatic nitrogens is 3. The first-order valence-corrected chi connectivity index (χ1v) is 14.6. The van der Waals surface area contributed by atoms with Gasteiger partial charge in [0.25, 0.3) is 34.4 Å². The van der Waals surface area contributed by atoms with Crippen molar-refractivity contribution in [3.8, 4) is 17.2 Å². The Hall–Kier alpha value is -5.38. The van der Waals surface area contributed by atoms with E-state index in [1.54, 1.807) is 0 Å². The van der Waals surface area contributed by atoms with Gasteiger partial charge in [-0.3, -0.25) is 28.8 Å². The predicted octanol–water partition coefficient (Wildman–Crippen LogP) is -1.04. The van der Waals surface area contributed by atoms with Gasteiger partial charge in [-0.05, 0) is 57.1 Å². The number of amides is 3. The number of nitrogens with zero attached hydrogens (tertiary/aromatic N) is 4. The molecular weight excluding hydrogens is 602 g/mol. The number of nitrogens with one attached hydrogen (secondary N) is 3. The highest BCUT2D eigenvalue weighted by Gasteiger charge is 2.17. The number of carbonyl (C=O) groups is 3. The molecule has 0 fully saturated rings. The van der Waals surface area contributed by atoms with Gasteiger partial charge in [-0.1, -0.05) is 0 Å². The highest BCUT2D eigenvalue weighted by molar-refractivity contribution is 5.97. The van der Waals surface area contributed by atoms with E-state index in [2.05, 4.69) is 16.0 Å². The molecule has 46 heavy (non-hydrogen) atoms. The van der Waals surface area contributed by atoms with Gasteiger partial charge in [0.05, 0.1) is 16.7 Å². The molecule has 0 bridgehead atoms. The van der Waals surface area contributed by atoms with Crippen molar-refractivity contribution in [2.75, 3.05) is 39.3 Å². The van der Waals surface area contributed by atoms with E-state index in [9.17, 15) is 44.1 Å². The highest BCUT2D eigenvalue weighted by atomic mass is 16.3. The van der Waals surface area contributed by atoms with Crippen LogP contribution in [-0.2, 0) is 21.1 Å². The van der Waals surface area contributed by atoms with E-state index < -0.39 is 51.6 Å². The van der Waals surface area contributed by atoms with Crippen LogP contribution in [0.4, 0.5) is 0 Å². The molecule has 0 saturated carbocycles. The number of rotatable bonds is 15. The van der Waals surface area contributed by atoms with Crippen molar-refractivity contribution in [1.82, 2.24) is 34.6 Å². The summed E-state index contributed by atoms with van der Waals surface area (Å²) in [5.41, 5.74) is -2.45. The molecule has 3 amide bonds. The molecule has 3 aromatic rings. The maximum absolute atomic E-state index is 12.5. The first-order valence-electron chi connectivity index (χ1n) is 14.6. The van der Waals surface area contributed by atoms with Gasteiger partial charge in [0.1, 0.15) is 0 Å². The largest absolute Gasteiger partial charge is 0.502 e. The first-order chi connectivity index (χ1) is 21.8. The van der Waals surface area contributed by atoms with E-state index >= 15 is 0 Å². The number of hydrogen-bond donors (Lipinski definition) is 6. The van der Waals surface area contributed by atoms with Gasteiger partial charge >= 0.3 is 0 Å². The molecule has 0 aliphatic heterocycles. The SMILES string of the molecule is Cn1ccc(C(=O)NCCCN(CCCNC(=O)c2ccn(C)c(=O)c2O)CCCNC(=O)c2ccn(C)c(=O)c2O)c(O)c1=O. The average molecular weight is 642 g/mol. The maximum Gasteiger partial charge on any atom is 0.293 e. The van der Waals surface area contributed by atoms with Crippen LogP contribution in [0.2, 0.25) is 0 Å². The summed E-state index contributed by atoms with van der Waals surface area (Å²) >= 11 is 0. The summed E-state index contributed by atoms with van der Waals surface area (Å²) in [5, 5.41) is 38.1. The van der Waals surface area contributed by atoms with Gasteiger partial charge in [0.2, 0.25) is 0 Å². The zero-order valence-electron chi connectivity index (χ0n) is 25.9. The predicted molar refractivity (Wildman–Crippen MR) is 167 cm³/mol. The van der Waals surface area contributed by atoms with Crippen molar-refractivity contribution >= 4 is 17.7 Å². The zero-order chi connectivity index (χ0) is 34.0. The molecule has 16 heteroatoms. The fraction of sp³-hybridized carbons (Fsp3) is 0.400. The molecule has 0 aromatic carbocycles. The standard InChI is InChI=1S/C30H39N7O9/c1-34-16-7-19(22(38)28(34)44)25(41)31-10-4-13-37(14-5-11-32-26(42)20-8-17-35(2)29(45)23(20)39)15-6-12-33-27(43)21-9-18-36(3)30(46)24(21)40/h7-9,16-18,38-40H,4-6,10-15H2,1-3H3,(H,31,41)(H,32,42)(H,33,43). The van der Waals surface area contributed by atoms with Gasteiger partial charge < -0.3 is 49.9 Å². The van der Waals surface area contributed by atoms with Crippen LogP contribution in [0.1, 0.15) is 50.3 Å². The smallest absolute Gasteiger partial charge is 0.293 e. The summed E-state index contributed by atoms with van der Waals surface area (Å²) < 4.78 is 3.46. The molecule has 0 atom stereocenters. The van der Waals surface area contributed by atoms with Crippen LogP contribution in [0.5, 0.6) is 17.2 Å². The minimum Gasteiger partial charge on any atom is -0.502 e. The number of pyridine rings is 3. The normalized spacial score (nSPS) is 11.0. The third-order valence-electron chi connectivity index (χ3n) is 7.27. The van der Waals surface area contributed by atoms with E-state index in [0.29, 0.717) is 38.9 Å². The number of carbonyl (C=O) groups excluding carboxylic acids is 3. The van der Waals surface area contributed by atoms with Crippen LogP contribution in [-0.4, -0.2) is 90.9 Å². The lowest BCUT2D eigenvalue weighted by atomic mass is 10.2. The van der Waals surface area contributed by atoms with Crippen molar-refractivity contribution in [2.24, 2.45) is 21.1 Å². The Kier molecular flexibility index (Phi) is 12.3. The molecule has 3 heterocycles. The summed E-state index contributed by atoms with van der Waals surface area (Å²) in [6.45, 7) is 2.24. The number of aromatic hydroxyl groups is 3. The lowest BCUT2D eigenvalue weighted by molar-refractivity contribution is 0.0942. The molecular formula is C30H39N7O9. The van der Waals surface area contributed by atoms with E-state index in [1.807, 2.05) is 4.90 Å². The van der Waals surface area contributed by atoms with Gasteiger partial charge in [-0.2, -0.15) is 0 Å². The fourth-order valence-corrected chi connectivity index (χ4v) is 4.53. The van der Waals surface area contributed by atoms with Crippen LogP contribution in [0, 0.1) is 0 Å². The molecule has 16 nitrogen and oxygen atoms in total. The van der Waals surface area contributed by atoms with Crippen molar-refractivity contribution in [3.63, 3.8) is 0 Å². The van der Waals surface area contributed by atoms with Gasteiger partial charge in [0, 0.05) is 59.4 Å². The van der Waals surface area contributed by atoms with Crippen molar-refractivity contribution in [1.29, 1.82) is 0 Å². The molecule has 0 aliphatic rings. The highest BCUT2D eigenvalue weighted by Crippen LogP contribution is 2.12. The van der Waals surface area contributed by atoms with Crippen molar-refractivity contribution in [3.05, 3.63) is 84.5 Å². The molecule has 0 radical (unpaired) electrons. The van der Waals surface area contributed by atoms with Gasteiger partial charge in [-0.15, -0.1) is 0 Å². The van der Waals surface area contributed by atoms with E-state index in [1.165, 1.54) is 57.9 Å². The second kappa shape index (κ2) is 16.1. The van der Waals surface area contributed by atoms with Crippen molar-refractivity contribution in [2.45, 2.75) is 19.3 Å². The molecule has 0 spiro atoms. The average Bonchev–Trinajstić information content (AvgIpc) is 3.03. The molecule has 248 valence electrons. The summed E-state index contributed by atoms with van der Waals surface area (Å²) in [6.07, 6.45) is 5.64. The van der Waals surface area contributed by atoms with Crippen molar-refractivity contribution < 1.29 is 29.7 Å². The Balaban J connectivity index is 1.53. The Morgan fingerprint density at radius 2 is 0.826 bits per heavy atom. The Morgan fingerprint density at radius 1 is 0.565 bits per heavy atom. The summed E-state index contributed by atoms with van der Waals surface area (Å²) in [6, 6.07) is 4.04. The van der Waals surface area contributed by atoms with Crippen LogP contribution >= 0.6 is 0 Å². The van der Waals surface area contributed by atoms with E-state index in [4.69, 9.17) is 0 Å². The minimum atomic E-state index is -0.687. The second-order valence-electron chi connectivity index (χ2n) is 10.7. The molecule has 3 rings (SSSR count). The third-order valence-corrected chi connectivity index (χ3v) is 7.27. The number of hydrogen-bond acceptors (Lipinski definition) is 10. The van der Waals surface area contributed by atoms with Gasteiger partial charge in [-0.25, -0.2) is 0 Å². The van der Waals surface area contributed by atoms with E-state index in [0.717, 1.165) is 13.7 Å². The fourth-order valence-electron chi connectivity index (χ4n) is 4.53. The maximum atomic E-state index is 12.5. The van der Waals surface area contributed by atoms with Crippen LogP contribution in [0.15, 0.2) is 51.2 Å². The third kappa shape index (κ3) is 8.84. The monoisotopic (exact) mass is 641 g/mol. The second-order valence-corrected chi connectivity index (χ2v) is 10.7.